The second kappa shape index (κ2) is 16.4. The summed E-state index contributed by atoms with van der Waals surface area (Å²) in [5.74, 6) is 0.0279. The van der Waals surface area contributed by atoms with Crippen LogP contribution in [0.3, 0.4) is 0 Å². The maximum Gasteiger partial charge on any atom is 0.284 e. The SMILES string of the molecule is C=C.C=S(C[C@@H](C)N)c1cc(F)c(-c2nnc(C(=O)CCCCC(F)(F)CC)o2)cc1N(C=O)Cc1ccc(Cl)cc1. The summed E-state index contributed by atoms with van der Waals surface area (Å²) in [4.78, 5) is 26.6. The van der Waals surface area contributed by atoms with Crippen LogP contribution in [-0.4, -0.2) is 46.0 Å². The van der Waals surface area contributed by atoms with Crippen LogP contribution >= 0.6 is 22.1 Å². The molecule has 1 unspecified atom stereocenters. The number of anilines is 1. The highest BCUT2D eigenvalue weighted by Crippen LogP contribution is 2.39. The van der Waals surface area contributed by atoms with E-state index >= 15 is 4.39 Å². The topological polar surface area (TPSA) is 102 Å². The Bertz CT molecular complexity index is 1370. The Morgan fingerprint density at radius 2 is 1.88 bits per heavy atom. The van der Waals surface area contributed by atoms with Gasteiger partial charge >= 0.3 is 0 Å². The number of hydrogen-bond acceptors (Lipinski definition) is 6. The van der Waals surface area contributed by atoms with Crippen LogP contribution in [-0.2, 0) is 11.3 Å². The molecule has 0 fully saturated rings. The second-order valence-electron chi connectivity index (χ2n) is 9.55. The van der Waals surface area contributed by atoms with Gasteiger partial charge in [0.25, 0.3) is 11.8 Å². The van der Waals surface area contributed by atoms with E-state index in [4.69, 9.17) is 21.8 Å². The van der Waals surface area contributed by atoms with Crippen LogP contribution in [0, 0.1) is 5.82 Å². The molecule has 3 rings (SSSR count). The van der Waals surface area contributed by atoms with E-state index in [1.54, 1.807) is 24.3 Å². The normalized spacial score (nSPS) is 12.6. The first-order valence-electron chi connectivity index (χ1n) is 13.2. The van der Waals surface area contributed by atoms with Crippen LogP contribution in [0.5, 0.6) is 0 Å². The van der Waals surface area contributed by atoms with Crippen LogP contribution < -0.4 is 10.6 Å². The van der Waals surface area contributed by atoms with Gasteiger partial charge in [0.2, 0.25) is 18.1 Å². The number of hydrogen-bond donors (Lipinski definition) is 1. The van der Waals surface area contributed by atoms with Gasteiger partial charge in [0.1, 0.15) is 5.82 Å². The van der Waals surface area contributed by atoms with E-state index in [2.05, 4.69) is 29.2 Å². The van der Waals surface area contributed by atoms with Gasteiger partial charge in [-0.05, 0) is 49.6 Å². The molecular formula is C30H36ClF3N4O3S. The summed E-state index contributed by atoms with van der Waals surface area (Å²) in [5.41, 5.74) is 7.02. The van der Waals surface area contributed by atoms with E-state index in [0.717, 1.165) is 5.56 Å². The molecule has 1 heterocycles. The number of amides is 1. The predicted molar refractivity (Wildman–Crippen MR) is 164 cm³/mol. The van der Waals surface area contributed by atoms with Crippen LogP contribution in [0.25, 0.3) is 11.5 Å². The average Bonchev–Trinajstić information content (AvgIpc) is 3.46. The van der Waals surface area contributed by atoms with E-state index in [0.29, 0.717) is 27.8 Å². The lowest BCUT2D eigenvalue weighted by Gasteiger charge is -2.24. The first kappa shape index (κ1) is 34.9. The fourth-order valence-electron chi connectivity index (χ4n) is 3.93. The molecule has 1 aromatic heterocycles. The zero-order valence-electron chi connectivity index (χ0n) is 23.8. The largest absolute Gasteiger partial charge is 0.413 e. The highest BCUT2D eigenvalue weighted by molar-refractivity contribution is 8.14. The van der Waals surface area contributed by atoms with Gasteiger partial charge in [0, 0.05) is 41.0 Å². The van der Waals surface area contributed by atoms with Crippen molar-refractivity contribution >= 4 is 45.8 Å². The van der Waals surface area contributed by atoms with Gasteiger partial charge in [-0.3, -0.25) is 9.59 Å². The third-order valence-corrected chi connectivity index (χ3v) is 8.26. The quantitative estimate of drug-likeness (QED) is 0.0611. The number of carbonyl (C=O) groups excluding carboxylic acids is 2. The number of halogens is 4. The number of unbranched alkanes of at least 4 members (excludes halogenated alkanes) is 1. The molecule has 228 valence electrons. The number of Topliss-reactive ketones (excluding diaryl/α,β-unsaturated/α-hetero) is 1. The molecule has 0 aliphatic rings. The standard InChI is InChI=1S/C28H32ClF3N4O3S.C2H4/c1-4-28(31,32)12-6-5-7-24(38)27-35-34-26(39-27)21-13-23(25(14-22(21)30)40(3)16-18(2)33)36(17-37)15-19-8-10-20(29)11-9-19;1-2/h8-11,13-14,17-18H,3-7,12,15-16,33H2,1-2H3;1-2H2/t18-,40?;/m1./s1. The Balaban J connectivity index is 0.00000301. The van der Waals surface area contributed by atoms with Crippen LogP contribution in [0.1, 0.15) is 62.2 Å². The van der Waals surface area contributed by atoms with Crippen molar-refractivity contribution in [1.29, 1.82) is 0 Å². The second-order valence-corrected chi connectivity index (χ2v) is 11.7. The maximum absolute atomic E-state index is 15.4. The third kappa shape index (κ3) is 9.92. The van der Waals surface area contributed by atoms with Gasteiger partial charge in [0.05, 0.1) is 17.8 Å². The third-order valence-electron chi connectivity index (χ3n) is 6.13. The summed E-state index contributed by atoms with van der Waals surface area (Å²) >= 11 is 5.98. The van der Waals surface area contributed by atoms with Crippen molar-refractivity contribution < 1.29 is 27.2 Å². The molecule has 2 atom stereocenters. The van der Waals surface area contributed by atoms with Gasteiger partial charge in [0.15, 0.2) is 0 Å². The van der Waals surface area contributed by atoms with E-state index in [1.165, 1.54) is 24.0 Å². The number of nitrogens with two attached hydrogens (primary N) is 1. The Kier molecular flexibility index (Phi) is 13.6. The van der Waals surface area contributed by atoms with Gasteiger partial charge in [-0.25, -0.2) is 13.2 Å². The molecule has 2 N–H and O–H groups in total. The van der Waals surface area contributed by atoms with E-state index in [-0.39, 0.29) is 62.0 Å². The monoisotopic (exact) mass is 624 g/mol. The lowest BCUT2D eigenvalue weighted by molar-refractivity contribution is -0.107. The maximum atomic E-state index is 15.4. The van der Waals surface area contributed by atoms with Gasteiger partial charge in [-0.1, -0.05) is 36.5 Å². The van der Waals surface area contributed by atoms with Crippen LogP contribution in [0.2, 0.25) is 5.02 Å². The molecule has 2 aromatic carbocycles. The predicted octanol–water partition coefficient (Wildman–Crippen LogP) is 7.69. The molecule has 42 heavy (non-hydrogen) atoms. The number of carbonyl (C=O) groups is 2. The first-order chi connectivity index (χ1) is 19.9. The zero-order valence-corrected chi connectivity index (χ0v) is 25.3. The summed E-state index contributed by atoms with van der Waals surface area (Å²) in [5, 5.41) is 8.13. The van der Waals surface area contributed by atoms with E-state index in [9.17, 15) is 18.4 Å². The average molecular weight is 625 g/mol. The molecule has 0 spiro atoms. The Morgan fingerprint density at radius 3 is 2.48 bits per heavy atom. The molecule has 7 nitrogen and oxygen atoms in total. The summed E-state index contributed by atoms with van der Waals surface area (Å²) in [6, 6.07) is 9.41. The zero-order chi connectivity index (χ0) is 31.4. The fraction of sp³-hybridized carbons (Fsp3) is 0.367. The Hall–Kier alpha value is -3.28. The molecule has 3 aromatic rings. The van der Waals surface area contributed by atoms with E-state index in [1.807, 2.05) is 6.92 Å². The number of alkyl halides is 2. The van der Waals surface area contributed by atoms with Crippen LogP contribution in [0.4, 0.5) is 18.9 Å². The van der Waals surface area contributed by atoms with Gasteiger partial charge in [-0.15, -0.1) is 23.4 Å². The minimum atomic E-state index is -2.76. The van der Waals surface area contributed by atoms with Crippen molar-refractivity contribution in [2.24, 2.45) is 5.73 Å². The van der Waals surface area contributed by atoms with Crippen molar-refractivity contribution in [3.8, 4) is 11.5 Å². The number of ketones is 1. The molecule has 0 aliphatic carbocycles. The van der Waals surface area contributed by atoms with E-state index < -0.39 is 28.0 Å². The molecule has 0 aliphatic heterocycles. The number of benzene rings is 2. The van der Waals surface area contributed by atoms with Gasteiger partial charge in [-0.2, -0.15) is 10.5 Å². The molecule has 0 radical (unpaired) electrons. The lowest BCUT2D eigenvalue weighted by Crippen LogP contribution is -2.23. The molecule has 1 amide bonds. The Labute approximate surface area is 251 Å². The van der Waals surface area contributed by atoms with Crippen LogP contribution in [0.15, 0.2) is 58.9 Å². The Morgan fingerprint density at radius 1 is 1.21 bits per heavy atom. The highest BCUT2D eigenvalue weighted by atomic mass is 35.5. The smallest absolute Gasteiger partial charge is 0.284 e. The number of nitrogens with zero attached hydrogens (tertiary/aromatic N) is 3. The van der Waals surface area contributed by atoms with Crippen molar-refractivity contribution in [2.45, 2.75) is 69.4 Å². The summed E-state index contributed by atoms with van der Waals surface area (Å²) in [7, 11) is -0.759. The number of rotatable bonds is 15. The number of aromatic nitrogens is 2. The highest BCUT2D eigenvalue weighted by Gasteiger charge is 2.26. The molecule has 0 saturated carbocycles. The summed E-state index contributed by atoms with van der Waals surface area (Å²) in [6.45, 7) is 9.39. The van der Waals surface area contributed by atoms with Gasteiger partial charge < -0.3 is 15.1 Å². The molecular weight excluding hydrogens is 589 g/mol. The molecule has 12 heteroatoms. The minimum absolute atomic E-state index is 0.0598. The first-order valence-corrected chi connectivity index (χ1v) is 15.2. The summed E-state index contributed by atoms with van der Waals surface area (Å²) < 4.78 is 47.7. The molecule has 0 saturated heterocycles. The van der Waals surface area contributed by atoms with Crippen molar-refractivity contribution in [2.75, 3.05) is 10.7 Å². The van der Waals surface area contributed by atoms with Crippen molar-refractivity contribution in [3.05, 3.63) is 71.9 Å². The fourth-order valence-corrected chi connectivity index (χ4v) is 5.62. The minimum Gasteiger partial charge on any atom is -0.413 e. The lowest BCUT2D eigenvalue weighted by atomic mass is 10.1. The molecule has 0 bridgehead atoms. The summed E-state index contributed by atoms with van der Waals surface area (Å²) in [6.07, 6.45) is 0.382. The van der Waals surface area contributed by atoms with Crippen molar-refractivity contribution in [1.82, 2.24) is 10.2 Å². The van der Waals surface area contributed by atoms with Crippen molar-refractivity contribution in [3.63, 3.8) is 0 Å².